The Morgan fingerprint density at radius 2 is 2.50 bits per heavy atom. The SMILES string of the molecule is COC(=O)[C@H]1C[C@@H]1c1ccnc(Cl)c1. The van der Waals surface area contributed by atoms with E-state index in [-0.39, 0.29) is 17.8 Å². The smallest absolute Gasteiger partial charge is 0.309 e. The van der Waals surface area contributed by atoms with Gasteiger partial charge in [0.1, 0.15) is 5.15 Å². The Balaban J connectivity index is 2.09. The molecule has 1 aromatic heterocycles. The summed E-state index contributed by atoms with van der Waals surface area (Å²) < 4.78 is 4.67. The van der Waals surface area contributed by atoms with E-state index < -0.39 is 0 Å². The van der Waals surface area contributed by atoms with Crippen LogP contribution in [0.15, 0.2) is 18.3 Å². The molecule has 0 aromatic carbocycles. The molecule has 4 heteroatoms. The summed E-state index contributed by atoms with van der Waals surface area (Å²) in [5, 5.41) is 0.470. The summed E-state index contributed by atoms with van der Waals surface area (Å²) in [5.41, 5.74) is 1.07. The number of ether oxygens (including phenoxy) is 1. The summed E-state index contributed by atoms with van der Waals surface area (Å²) in [5.74, 6) is 0.143. The topological polar surface area (TPSA) is 39.2 Å². The molecule has 0 N–H and O–H groups in total. The van der Waals surface area contributed by atoms with Gasteiger partial charge in [-0.15, -0.1) is 0 Å². The second-order valence-corrected chi connectivity index (χ2v) is 3.77. The van der Waals surface area contributed by atoms with Gasteiger partial charge in [0, 0.05) is 6.20 Å². The molecule has 14 heavy (non-hydrogen) atoms. The lowest BCUT2D eigenvalue weighted by Crippen LogP contribution is -2.03. The van der Waals surface area contributed by atoms with Gasteiger partial charge in [-0.2, -0.15) is 0 Å². The van der Waals surface area contributed by atoms with Crippen molar-refractivity contribution in [1.29, 1.82) is 0 Å². The van der Waals surface area contributed by atoms with Crippen molar-refractivity contribution < 1.29 is 9.53 Å². The van der Waals surface area contributed by atoms with Crippen molar-refractivity contribution in [3.63, 3.8) is 0 Å². The van der Waals surface area contributed by atoms with Crippen LogP contribution in [0.3, 0.4) is 0 Å². The molecule has 2 atom stereocenters. The average molecular weight is 212 g/mol. The van der Waals surface area contributed by atoms with Gasteiger partial charge in [-0.05, 0) is 30.0 Å². The van der Waals surface area contributed by atoms with Crippen molar-refractivity contribution in [1.82, 2.24) is 4.98 Å². The second kappa shape index (κ2) is 3.58. The number of rotatable bonds is 2. The van der Waals surface area contributed by atoms with Crippen molar-refractivity contribution in [2.45, 2.75) is 12.3 Å². The molecular formula is C10H10ClNO2. The minimum atomic E-state index is -0.136. The Kier molecular flexibility index (Phi) is 2.42. The first-order valence-electron chi connectivity index (χ1n) is 4.41. The van der Waals surface area contributed by atoms with E-state index in [9.17, 15) is 4.79 Å². The summed E-state index contributed by atoms with van der Waals surface area (Å²) in [6.07, 6.45) is 2.51. The first-order valence-corrected chi connectivity index (χ1v) is 4.79. The monoisotopic (exact) mass is 211 g/mol. The van der Waals surface area contributed by atoms with Crippen molar-refractivity contribution in [3.8, 4) is 0 Å². The molecule has 1 fully saturated rings. The fraction of sp³-hybridized carbons (Fsp3) is 0.400. The van der Waals surface area contributed by atoms with Crippen LogP contribution in [-0.4, -0.2) is 18.1 Å². The molecule has 0 saturated heterocycles. The number of nitrogens with zero attached hydrogens (tertiary/aromatic N) is 1. The highest BCUT2D eigenvalue weighted by molar-refractivity contribution is 6.29. The number of carbonyl (C=O) groups is 1. The first kappa shape index (κ1) is 9.46. The number of pyridine rings is 1. The zero-order valence-electron chi connectivity index (χ0n) is 7.74. The van der Waals surface area contributed by atoms with Gasteiger partial charge in [0.2, 0.25) is 0 Å². The van der Waals surface area contributed by atoms with Gasteiger partial charge in [0.15, 0.2) is 0 Å². The summed E-state index contributed by atoms with van der Waals surface area (Å²) >= 11 is 5.75. The number of aromatic nitrogens is 1. The molecule has 0 radical (unpaired) electrons. The zero-order valence-corrected chi connectivity index (χ0v) is 8.49. The van der Waals surface area contributed by atoms with Gasteiger partial charge in [-0.3, -0.25) is 4.79 Å². The molecule has 1 heterocycles. The third-order valence-corrected chi connectivity index (χ3v) is 2.68. The minimum Gasteiger partial charge on any atom is -0.469 e. The van der Waals surface area contributed by atoms with Crippen molar-refractivity contribution >= 4 is 17.6 Å². The maximum Gasteiger partial charge on any atom is 0.309 e. The molecule has 0 aliphatic heterocycles. The maximum atomic E-state index is 11.2. The Bertz CT molecular complexity index is 367. The van der Waals surface area contributed by atoms with Crippen LogP contribution in [0.25, 0.3) is 0 Å². The fourth-order valence-electron chi connectivity index (χ4n) is 1.62. The molecule has 74 valence electrons. The average Bonchev–Trinajstić information content (AvgIpc) is 2.96. The van der Waals surface area contributed by atoms with E-state index in [0.29, 0.717) is 5.15 Å². The van der Waals surface area contributed by atoms with Crippen molar-refractivity contribution in [2.75, 3.05) is 7.11 Å². The zero-order chi connectivity index (χ0) is 10.1. The van der Waals surface area contributed by atoms with E-state index in [2.05, 4.69) is 9.72 Å². The quantitative estimate of drug-likeness (QED) is 0.555. The summed E-state index contributed by atoms with van der Waals surface area (Å²) in [4.78, 5) is 15.1. The first-order chi connectivity index (χ1) is 6.72. The van der Waals surface area contributed by atoms with Crippen molar-refractivity contribution in [3.05, 3.63) is 29.0 Å². The lowest BCUT2D eigenvalue weighted by Gasteiger charge is -1.99. The van der Waals surface area contributed by atoms with Gasteiger partial charge in [-0.25, -0.2) is 4.98 Å². The molecule has 0 unspecified atom stereocenters. The largest absolute Gasteiger partial charge is 0.469 e. The minimum absolute atomic E-state index is 0.0125. The number of carbonyl (C=O) groups excluding carboxylic acids is 1. The molecule has 1 aliphatic rings. The van der Waals surface area contributed by atoms with Crippen LogP contribution in [-0.2, 0) is 9.53 Å². The van der Waals surface area contributed by atoms with E-state index in [4.69, 9.17) is 11.6 Å². The van der Waals surface area contributed by atoms with Crippen LogP contribution in [0.4, 0.5) is 0 Å². The summed E-state index contributed by atoms with van der Waals surface area (Å²) in [6, 6.07) is 3.69. The lowest BCUT2D eigenvalue weighted by molar-refractivity contribution is -0.142. The van der Waals surface area contributed by atoms with Crippen LogP contribution >= 0.6 is 11.6 Å². The molecule has 0 spiro atoms. The molecule has 0 amide bonds. The van der Waals surface area contributed by atoms with E-state index in [1.807, 2.05) is 6.07 Å². The highest BCUT2D eigenvalue weighted by Gasteiger charge is 2.44. The van der Waals surface area contributed by atoms with E-state index in [0.717, 1.165) is 12.0 Å². The van der Waals surface area contributed by atoms with E-state index >= 15 is 0 Å². The molecule has 0 bridgehead atoms. The molecule has 1 aromatic rings. The van der Waals surface area contributed by atoms with Gasteiger partial charge in [0.25, 0.3) is 0 Å². The molecular weight excluding hydrogens is 202 g/mol. The molecule has 2 rings (SSSR count). The van der Waals surface area contributed by atoms with Gasteiger partial charge in [-0.1, -0.05) is 11.6 Å². The fourth-order valence-corrected chi connectivity index (χ4v) is 1.81. The predicted molar refractivity (Wildman–Crippen MR) is 52.1 cm³/mol. The molecule has 3 nitrogen and oxygen atoms in total. The number of hydrogen-bond donors (Lipinski definition) is 0. The molecule has 1 aliphatic carbocycles. The third-order valence-electron chi connectivity index (χ3n) is 2.47. The normalized spacial score (nSPS) is 24.4. The Morgan fingerprint density at radius 1 is 1.71 bits per heavy atom. The van der Waals surface area contributed by atoms with E-state index in [1.165, 1.54) is 7.11 Å². The Morgan fingerprint density at radius 3 is 3.14 bits per heavy atom. The standard InChI is InChI=1S/C10H10ClNO2/c1-14-10(13)8-5-7(8)6-2-3-12-9(11)4-6/h2-4,7-8H,5H2,1H3/t7-,8+/m1/s1. The summed E-state index contributed by atoms with van der Waals surface area (Å²) in [6.45, 7) is 0. The van der Waals surface area contributed by atoms with E-state index in [1.54, 1.807) is 12.3 Å². The lowest BCUT2D eigenvalue weighted by atomic mass is 10.1. The van der Waals surface area contributed by atoms with Crippen LogP contribution in [0.1, 0.15) is 17.9 Å². The molecule has 1 saturated carbocycles. The van der Waals surface area contributed by atoms with Crippen LogP contribution in [0.2, 0.25) is 5.15 Å². The van der Waals surface area contributed by atoms with Crippen molar-refractivity contribution in [2.24, 2.45) is 5.92 Å². The van der Waals surface area contributed by atoms with Crippen LogP contribution < -0.4 is 0 Å². The van der Waals surface area contributed by atoms with Crippen LogP contribution in [0.5, 0.6) is 0 Å². The third kappa shape index (κ3) is 1.73. The van der Waals surface area contributed by atoms with Gasteiger partial charge >= 0.3 is 5.97 Å². The maximum absolute atomic E-state index is 11.2. The van der Waals surface area contributed by atoms with Gasteiger partial charge in [0.05, 0.1) is 13.0 Å². The Hall–Kier alpha value is -1.09. The second-order valence-electron chi connectivity index (χ2n) is 3.38. The number of hydrogen-bond acceptors (Lipinski definition) is 3. The van der Waals surface area contributed by atoms with Crippen LogP contribution in [0, 0.1) is 5.92 Å². The summed E-state index contributed by atoms with van der Waals surface area (Å²) in [7, 11) is 1.41. The Labute approximate surface area is 87.0 Å². The highest BCUT2D eigenvalue weighted by Crippen LogP contribution is 2.48. The predicted octanol–water partition coefficient (Wildman–Crippen LogP) is 2.01. The number of methoxy groups -OCH3 is 1. The number of halogens is 1. The number of esters is 1. The van der Waals surface area contributed by atoms with Gasteiger partial charge < -0.3 is 4.74 Å². The highest BCUT2D eigenvalue weighted by atomic mass is 35.5.